The van der Waals surface area contributed by atoms with E-state index in [0.29, 0.717) is 13.2 Å². The molecule has 1 aromatic carbocycles. The lowest BCUT2D eigenvalue weighted by atomic mass is 9.97. The lowest BCUT2D eigenvalue weighted by Crippen LogP contribution is -2.30. The number of halogens is 2. The van der Waals surface area contributed by atoms with Crippen LogP contribution in [0.25, 0.3) is 0 Å². The van der Waals surface area contributed by atoms with E-state index < -0.39 is 17.2 Å². The Kier molecular flexibility index (Phi) is 6.71. The van der Waals surface area contributed by atoms with Gasteiger partial charge in [0.2, 0.25) is 5.88 Å². The molecule has 30 heavy (non-hydrogen) atoms. The molecule has 9 heteroatoms. The van der Waals surface area contributed by atoms with Crippen molar-refractivity contribution >= 4 is 29.0 Å². The molecule has 1 atom stereocenters. The van der Waals surface area contributed by atoms with Crippen molar-refractivity contribution in [2.45, 2.75) is 39.3 Å². The Morgan fingerprint density at radius 3 is 2.60 bits per heavy atom. The Morgan fingerprint density at radius 1 is 1.40 bits per heavy atom. The number of ketones is 1. The van der Waals surface area contributed by atoms with Gasteiger partial charge in [0.1, 0.15) is 11.6 Å². The van der Waals surface area contributed by atoms with Gasteiger partial charge in [0, 0.05) is 12.2 Å². The molecule has 1 unspecified atom stereocenters. The standard InChI is InChI=1S/C21H20Cl2N2O5/c1-3-29-19-15(22)7-12(8-16(19)23)18(26)17-11(2)14(9-24)20(27)25(21(17)28)10-13-5-4-6-30-13/h7-8,13,28H,3-6,10H2,1-2H3. The number of aromatic nitrogens is 1. The van der Waals surface area contributed by atoms with Gasteiger partial charge in [0.05, 0.1) is 34.9 Å². The Hall–Kier alpha value is -2.53. The Labute approximate surface area is 183 Å². The van der Waals surface area contributed by atoms with Crippen LogP contribution >= 0.6 is 23.2 Å². The number of nitriles is 1. The van der Waals surface area contributed by atoms with Gasteiger partial charge in [-0.1, -0.05) is 23.2 Å². The highest BCUT2D eigenvalue weighted by Gasteiger charge is 2.28. The zero-order valence-corrected chi connectivity index (χ0v) is 18.0. The summed E-state index contributed by atoms with van der Waals surface area (Å²) in [4.78, 5) is 26.0. The highest BCUT2D eigenvalue weighted by Crippen LogP contribution is 2.36. The van der Waals surface area contributed by atoms with Crippen LogP contribution in [0.2, 0.25) is 10.0 Å². The van der Waals surface area contributed by atoms with Crippen molar-refractivity contribution in [3.63, 3.8) is 0 Å². The first-order valence-corrected chi connectivity index (χ1v) is 10.2. The van der Waals surface area contributed by atoms with E-state index in [-0.39, 0.29) is 50.7 Å². The zero-order chi connectivity index (χ0) is 22.0. The molecule has 1 saturated heterocycles. The molecule has 0 spiro atoms. The van der Waals surface area contributed by atoms with Crippen molar-refractivity contribution in [3.05, 3.63) is 54.8 Å². The van der Waals surface area contributed by atoms with E-state index in [9.17, 15) is 20.0 Å². The average Bonchev–Trinajstić information content (AvgIpc) is 3.21. The fourth-order valence-electron chi connectivity index (χ4n) is 3.50. The lowest BCUT2D eigenvalue weighted by Gasteiger charge is -2.18. The first-order valence-electron chi connectivity index (χ1n) is 9.44. The molecule has 1 aliphatic rings. The predicted molar refractivity (Wildman–Crippen MR) is 112 cm³/mol. The first kappa shape index (κ1) is 22.2. The monoisotopic (exact) mass is 450 g/mol. The number of carbonyl (C=O) groups is 1. The number of nitrogens with zero attached hydrogens (tertiary/aromatic N) is 2. The van der Waals surface area contributed by atoms with Gasteiger partial charge in [-0.15, -0.1) is 0 Å². The minimum absolute atomic E-state index is 0.0463. The summed E-state index contributed by atoms with van der Waals surface area (Å²) < 4.78 is 11.9. The third-order valence-electron chi connectivity index (χ3n) is 4.99. The summed E-state index contributed by atoms with van der Waals surface area (Å²) in [6, 6.07) is 4.59. The molecule has 0 amide bonds. The molecule has 3 rings (SSSR count). The molecule has 1 aliphatic heterocycles. The minimum atomic E-state index is -0.665. The summed E-state index contributed by atoms with van der Waals surface area (Å²) in [6.45, 7) is 4.16. The molecule has 158 valence electrons. The SMILES string of the molecule is CCOc1c(Cl)cc(C(=O)c2c(C)c(C#N)c(=O)n(CC3CCCO3)c2O)cc1Cl. The van der Waals surface area contributed by atoms with Gasteiger partial charge < -0.3 is 14.6 Å². The van der Waals surface area contributed by atoms with Crippen LogP contribution in [-0.2, 0) is 11.3 Å². The van der Waals surface area contributed by atoms with Gasteiger partial charge in [-0.25, -0.2) is 0 Å². The number of rotatable bonds is 6. The van der Waals surface area contributed by atoms with Crippen LogP contribution in [0.5, 0.6) is 11.6 Å². The second-order valence-corrected chi connectivity index (χ2v) is 7.71. The van der Waals surface area contributed by atoms with Crippen molar-refractivity contribution in [2.24, 2.45) is 0 Å². The van der Waals surface area contributed by atoms with Gasteiger partial charge in [-0.2, -0.15) is 5.26 Å². The second kappa shape index (κ2) is 9.09. The number of hydrogen-bond acceptors (Lipinski definition) is 6. The minimum Gasteiger partial charge on any atom is -0.494 e. The normalized spacial score (nSPS) is 15.8. The van der Waals surface area contributed by atoms with E-state index in [0.717, 1.165) is 17.4 Å². The van der Waals surface area contributed by atoms with Crippen LogP contribution < -0.4 is 10.3 Å². The lowest BCUT2D eigenvalue weighted by molar-refractivity contribution is 0.0929. The highest BCUT2D eigenvalue weighted by atomic mass is 35.5. The van der Waals surface area contributed by atoms with Crippen LogP contribution in [0.3, 0.4) is 0 Å². The fourth-order valence-corrected chi connectivity index (χ4v) is 4.10. The first-order chi connectivity index (χ1) is 14.3. The predicted octanol–water partition coefficient (Wildman–Crippen LogP) is 3.85. The van der Waals surface area contributed by atoms with Gasteiger partial charge in [-0.3, -0.25) is 14.2 Å². The van der Waals surface area contributed by atoms with E-state index in [1.807, 2.05) is 6.07 Å². The maximum absolute atomic E-state index is 13.3. The number of carbonyl (C=O) groups excluding carboxylic acids is 1. The van der Waals surface area contributed by atoms with Crippen LogP contribution in [0.1, 0.15) is 46.8 Å². The molecule has 1 N–H and O–H groups in total. The summed E-state index contributed by atoms with van der Waals surface area (Å²) in [6.07, 6.45) is 1.28. The molecule has 2 heterocycles. The third kappa shape index (κ3) is 4.04. The largest absolute Gasteiger partial charge is 0.494 e. The molecule has 2 aromatic rings. The Morgan fingerprint density at radius 2 is 2.07 bits per heavy atom. The third-order valence-corrected chi connectivity index (χ3v) is 5.55. The van der Waals surface area contributed by atoms with Gasteiger partial charge in [0.25, 0.3) is 5.56 Å². The number of ether oxygens (including phenoxy) is 2. The average molecular weight is 451 g/mol. The molecule has 0 aliphatic carbocycles. The maximum Gasteiger partial charge on any atom is 0.271 e. The zero-order valence-electron chi connectivity index (χ0n) is 16.5. The molecule has 0 bridgehead atoms. The van der Waals surface area contributed by atoms with Crippen molar-refractivity contribution in [1.82, 2.24) is 4.57 Å². The second-order valence-electron chi connectivity index (χ2n) is 6.89. The van der Waals surface area contributed by atoms with E-state index in [1.165, 1.54) is 19.1 Å². The number of pyridine rings is 1. The van der Waals surface area contributed by atoms with E-state index in [2.05, 4.69) is 0 Å². The smallest absolute Gasteiger partial charge is 0.271 e. The van der Waals surface area contributed by atoms with Crippen LogP contribution in [0.15, 0.2) is 16.9 Å². The fraction of sp³-hybridized carbons (Fsp3) is 0.381. The molecule has 7 nitrogen and oxygen atoms in total. The van der Waals surface area contributed by atoms with Gasteiger partial charge in [0.15, 0.2) is 11.5 Å². The topological polar surface area (TPSA) is 102 Å². The Balaban J connectivity index is 2.14. The molecule has 1 fully saturated rings. The summed E-state index contributed by atoms with van der Waals surface area (Å²) in [5.74, 6) is -0.882. The number of aromatic hydroxyl groups is 1. The molecular formula is C21H20Cl2N2O5. The van der Waals surface area contributed by atoms with E-state index >= 15 is 0 Å². The highest BCUT2D eigenvalue weighted by molar-refractivity contribution is 6.38. The number of benzene rings is 1. The van der Waals surface area contributed by atoms with Gasteiger partial charge >= 0.3 is 0 Å². The van der Waals surface area contributed by atoms with Crippen molar-refractivity contribution < 1.29 is 19.4 Å². The molecule has 1 aromatic heterocycles. The van der Waals surface area contributed by atoms with Crippen molar-refractivity contribution in [1.29, 1.82) is 5.26 Å². The van der Waals surface area contributed by atoms with Gasteiger partial charge in [-0.05, 0) is 44.4 Å². The Bertz CT molecular complexity index is 1080. The van der Waals surface area contributed by atoms with Crippen LogP contribution in [-0.4, -0.2) is 34.8 Å². The number of hydrogen-bond donors (Lipinski definition) is 1. The van der Waals surface area contributed by atoms with Crippen LogP contribution in [0, 0.1) is 18.3 Å². The maximum atomic E-state index is 13.3. The summed E-state index contributed by atoms with van der Waals surface area (Å²) in [5.41, 5.74) is -0.840. The van der Waals surface area contributed by atoms with E-state index in [1.54, 1.807) is 6.92 Å². The summed E-state index contributed by atoms with van der Waals surface area (Å²) in [7, 11) is 0. The van der Waals surface area contributed by atoms with E-state index in [4.69, 9.17) is 32.7 Å². The van der Waals surface area contributed by atoms with Crippen molar-refractivity contribution in [3.8, 4) is 17.7 Å². The summed E-state index contributed by atoms with van der Waals surface area (Å²) in [5, 5.41) is 20.6. The van der Waals surface area contributed by atoms with Crippen molar-refractivity contribution in [2.75, 3.05) is 13.2 Å². The quantitative estimate of drug-likeness (QED) is 0.670. The molecule has 0 radical (unpaired) electrons. The molecule has 0 saturated carbocycles. The molecular weight excluding hydrogens is 431 g/mol. The van der Waals surface area contributed by atoms with Crippen LogP contribution in [0.4, 0.5) is 0 Å². The summed E-state index contributed by atoms with van der Waals surface area (Å²) >= 11 is 12.4.